The van der Waals surface area contributed by atoms with Gasteiger partial charge in [-0.3, -0.25) is 0 Å². The fourth-order valence-electron chi connectivity index (χ4n) is 1.67. The van der Waals surface area contributed by atoms with Gasteiger partial charge in [0, 0.05) is 5.56 Å². The Balaban J connectivity index is 2.11. The smallest absolute Gasteiger partial charge is 0.0930 e. The highest BCUT2D eigenvalue weighted by molar-refractivity contribution is 7.11. The Morgan fingerprint density at radius 1 is 1.06 bits per heavy atom. The number of nitrogens with zero attached hydrogens (tertiary/aromatic N) is 1. The maximum Gasteiger partial charge on any atom is 0.0930 e. The molecule has 0 bridgehead atoms. The van der Waals surface area contributed by atoms with Gasteiger partial charge in [0.25, 0.3) is 0 Å². The van der Waals surface area contributed by atoms with Crippen LogP contribution in [0, 0.1) is 0 Å². The highest BCUT2D eigenvalue weighted by Crippen LogP contribution is 2.27. The third kappa shape index (κ3) is 1.66. The molecular weight excluding hydrogens is 216 g/mol. The number of rotatable bonds is 1. The topological polar surface area (TPSA) is 24.4 Å². The molecule has 0 fully saturated rings. The highest BCUT2D eigenvalue weighted by atomic mass is 32.1. The lowest BCUT2D eigenvalue weighted by atomic mass is 10.1. The second kappa shape index (κ2) is 3.94. The van der Waals surface area contributed by atoms with Crippen LogP contribution in [0.2, 0.25) is 0 Å². The molecule has 0 saturated heterocycles. The van der Waals surface area contributed by atoms with Crippen molar-refractivity contribution in [1.82, 2.24) is 5.32 Å². The summed E-state index contributed by atoms with van der Waals surface area (Å²) in [6.45, 7) is 0. The first-order chi connectivity index (χ1) is 7.93. The molecule has 0 saturated carbocycles. The zero-order valence-electron chi connectivity index (χ0n) is 8.55. The van der Waals surface area contributed by atoms with Crippen LogP contribution in [0.4, 0.5) is 5.69 Å². The third-order valence-corrected chi connectivity index (χ3v) is 3.35. The quantitative estimate of drug-likeness (QED) is 0.790. The first-order valence-electron chi connectivity index (χ1n) is 5.07. The van der Waals surface area contributed by atoms with Crippen LogP contribution >= 0.6 is 11.3 Å². The summed E-state index contributed by atoms with van der Waals surface area (Å²) in [6.07, 6.45) is 3.88. The van der Waals surface area contributed by atoms with Gasteiger partial charge in [-0.05, 0) is 23.6 Å². The number of fused-ring (bicyclic) bond motifs is 1. The Bertz CT molecular complexity index is 553. The molecule has 1 aromatic heterocycles. The average Bonchev–Trinajstić information content (AvgIpc) is 2.75. The van der Waals surface area contributed by atoms with Crippen molar-refractivity contribution in [3.05, 3.63) is 52.2 Å². The minimum Gasteiger partial charge on any atom is -0.345 e. The second-order valence-electron chi connectivity index (χ2n) is 3.50. The van der Waals surface area contributed by atoms with Crippen LogP contribution in [0.15, 0.2) is 46.8 Å². The molecule has 2 aromatic rings. The van der Waals surface area contributed by atoms with Crippen molar-refractivity contribution in [2.75, 3.05) is 0 Å². The normalized spacial score (nSPS) is 13.6. The molecule has 1 aliphatic rings. The number of aliphatic imine (C=N–C) groups is 1. The molecule has 0 amide bonds. The zero-order chi connectivity index (χ0) is 10.8. The SMILES string of the molecule is C1=Nc2ccccc2C=C(c2cccs2)N1. The van der Waals surface area contributed by atoms with E-state index >= 15 is 0 Å². The summed E-state index contributed by atoms with van der Waals surface area (Å²) < 4.78 is 0. The van der Waals surface area contributed by atoms with Gasteiger partial charge in [0.15, 0.2) is 0 Å². The van der Waals surface area contributed by atoms with Crippen LogP contribution in [-0.4, -0.2) is 6.34 Å². The van der Waals surface area contributed by atoms with E-state index in [0.717, 1.165) is 16.9 Å². The maximum absolute atomic E-state index is 4.36. The minimum atomic E-state index is 1.00. The molecule has 0 radical (unpaired) electrons. The van der Waals surface area contributed by atoms with E-state index in [9.17, 15) is 0 Å². The molecular formula is C13H10N2S. The van der Waals surface area contributed by atoms with Crippen LogP contribution < -0.4 is 5.32 Å². The molecule has 78 valence electrons. The average molecular weight is 226 g/mol. The van der Waals surface area contributed by atoms with Gasteiger partial charge >= 0.3 is 0 Å². The summed E-state index contributed by atoms with van der Waals surface area (Å²) in [5.41, 5.74) is 3.25. The Labute approximate surface area is 98.0 Å². The number of hydrogen-bond donors (Lipinski definition) is 1. The van der Waals surface area contributed by atoms with E-state index < -0.39 is 0 Å². The Morgan fingerprint density at radius 2 is 2.00 bits per heavy atom. The standard InChI is InChI=1S/C13H10N2S/c1-2-5-11-10(4-1)8-12(15-9-14-11)13-6-3-7-16-13/h1-9H,(H,14,15). The van der Waals surface area contributed by atoms with E-state index in [2.05, 4.69) is 40.0 Å². The van der Waals surface area contributed by atoms with Crippen LogP contribution in [0.1, 0.15) is 10.4 Å². The van der Waals surface area contributed by atoms with Crippen LogP contribution in [-0.2, 0) is 0 Å². The van der Waals surface area contributed by atoms with E-state index in [4.69, 9.17) is 0 Å². The van der Waals surface area contributed by atoms with E-state index in [1.807, 2.05) is 18.2 Å². The maximum atomic E-state index is 4.36. The van der Waals surface area contributed by atoms with Crippen LogP contribution in [0.3, 0.4) is 0 Å². The molecule has 3 rings (SSSR count). The van der Waals surface area contributed by atoms with Gasteiger partial charge in [-0.2, -0.15) is 0 Å². The molecule has 2 nitrogen and oxygen atoms in total. The first-order valence-corrected chi connectivity index (χ1v) is 5.95. The number of benzene rings is 1. The summed E-state index contributed by atoms with van der Waals surface area (Å²) in [6, 6.07) is 12.3. The van der Waals surface area contributed by atoms with E-state index in [0.29, 0.717) is 0 Å². The van der Waals surface area contributed by atoms with Gasteiger partial charge < -0.3 is 5.32 Å². The Hall–Kier alpha value is -1.87. The molecule has 1 aromatic carbocycles. The summed E-state index contributed by atoms with van der Waals surface area (Å²) in [7, 11) is 0. The van der Waals surface area contributed by atoms with Gasteiger partial charge in [0.2, 0.25) is 0 Å². The molecule has 0 unspecified atom stereocenters. The predicted octanol–water partition coefficient (Wildman–Crippen LogP) is 3.51. The fourth-order valence-corrected chi connectivity index (χ4v) is 2.38. The molecule has 1 aliphatic heterocycles. The first kappa shape index (κ1) is 9.36. The largest absolute Gasteiger partial charge is 0.345 e. The van der Waals surface area contributed by atoms with Crippen molar-refractivity contribution in [2.45, 2.75) is 0 Å². The Morgan fingerprint density at radius 3 is 2.88 bits per heavy atom. The number of thiophene rings is 1. The summed E-state index contributed by atoms with van der Waals surface area (Å²) >= 11 is 1.72. The second-order valence-corrected chi connectivity index (χ2v) is 4.44. The lowest BCUT2D eigenvalue weighted by Gasteiger charge is -2.01. The molecule has 16 heavy (non-hydrogen) atoms. The van der Waals surface area contributed by atoms with Crippen molar-refractivity contribution in [3.63, 3.8) is 0 Å². The monoisotopic (exact) mass is 226 g/mol. The number of nitrogens with one attached hydrogen (secondary N) is 1. The van der Waals surface area contributed by atoms with Gasteiger partial charge in [-0.1, -0.05) is 24.3 Å². The lowest BCUT2D eigenvalue weighted by Crippen LogP contribution is -2.06. The lowest BCUT2D eigenvalue weighted by molar-refractivity contribution is 1.36. The van der Waals surface area contributed by atoms with E-state index in [1.54, 1.807) is 17.7 Å². The van der Waals surface area contributed by atoms with E-state index in [-0.39, 0.29) is 0 Å². The third-order valence-electron chi connectivity index (χ3n) is 2.45. The number of para-hydroxylation sites is 1. The molecule has 0 aliphatic carbocycles. The van der Waals surface area contributed by atoms with Crippen LogP contribution in [0.5, 0.6) is 0 Å². The summed E-state index contributed by atoms with van der Waals surface area (Å²) in [5.74, 6) is 0. The molecule has 1 N–H and O–H groups in total. The predicted molar refractivity (Wildman–Crippen MR) is 69.9 cm³/mol. The Kier molecular flexibility index (Phi) is 2.31. The van der Waals surface area contributed by atoms with Gasteiger partial charge in [-0.15, -0.1) is 11.3 Å². The van der Waals surface area contributed by atoms with Crippen molar-refractivity contribution in [2.24, 2.45) is 4.99 Å². The van der Waals surface area contributed by atoms with Crippen LogP contribution in [0.25, 0.3) is 11.8 Å². The van der Waals surface area contributed by atoms with Crippen molar-refractivity contribution < 1.29 is 0 Å². The highest BCUT2D eigenvalue weighted by Gasteiger charge is 2.06. The van der Waals surface area contributed by atoms with Crippen molar-refractivity contribution >= 4 is 35.1 Å². The van der Waals surface area contributed by atoms with Crippen molar-refractivity contribution in [3.8, 4) is 0 Å². The van der Waals surface area contributed by atoms with Gasteiger partial charge in [0.1, 0.15) is 0 Å². The molecule has 0 spiro atoms. The zero-order valence-corrected chi connectivity index (χ0v) is 9.37. The van der Waals surface area contributed by atoms with Gasteiger partial charge in [-0.25, -0.2) is 4.99 Å². The van der Waals surface area contributed by atoms with Crippen molar-refractivity contribution in [1.29, 1.82) is 0 Å². The molecule has 3 heteroatoms. The molecule has 0 atom stereocenters. The molecule has 2 heterocycles. The van der Waals surface area contributed by atoms with E-state index in [1.165, 1.54) is 4.88 Å². The summed E-state index contributed by atoms with van der Waals surface area (Å²) in [5, 5.41) is 5.29. The number of hydrogen-bond acceptors (Lipinski definition) is 3. The summed E-state index contributed by atoms with van der Waals surface area (Å²) in [4.78, 5) is 5.59. The fraction of sp³-hybridized carbons (Fsp3) is 0. The van der Waals surface area contributed by atoms with Gasteiger partial charge in [0.05, 0.1) is 22.6 Å². The minimum absolute atomic E-state index is 1.00.